The van der Waals surface area contributed by atoms with Gasteiger partial charge in [-0.2, -0.15) is 0 Å². The third kappa shape index (κ3) is 4.89. The molecule has 3 rings (SSSR count). The Labute approximate surface area is 150 Å². The van der Waals surface area contributed by atoms with Gasteiger partial charge in [0.05, 0.1) is 13.7 Å². The van der Waals surface area contributed by atoms with Crippen molar-refractivity contribution in [3.8, 4) is 17.2 Å². The fraction of sp³-hybridized carbons (Fsp3) is 0.429. The number of ether oxygens (including phenoxy) is 3. The van der Waals surface area contributed by atoms with Crippen LogP contribution in [0, 0.1) is 0 Å². The van der Waals surface area contributed by atoms with Crippen molar-refractivity contribution in [2.24, 2.45) is 0 Å². The zero-order valence-electron chi connectivity index (χ0n) is 15.1. The molecular weight excluding hydrogens is 314 g/mol. The minimum atomic E-state index is 0.387. The predicted octanol–water partition coefficient (Wildman–Crippen LogP) is 3.62. The van der Waals surface area contributed by atoms with E-state index in [0.29, 0.717) is 12.6 Å². The number of para-hydroxylation sites is 1. The molecule has 1 unspecified atom stereocenters. The molecule has 0 fully saturated rings. The molecule has 1 heterocycles. The van der Waals surface area contributed by atoms with Gasteiger partial charge < -0.3 is 19.5 Å². The summed E-state index contributed by atoms with van der Waals surface area (Å²) in [5.41, 5.74) is 2.55. The fourth-order valence-corrected chi connectivity index (χ4v) is 3.13. The summed E-state index contributed by atoms with van der Waals surface area (Å²) < 4.78 is 16.9. The monoisotopic (exact) mass is 341 g/mol. The van der Waals surface area contributed by atoms with E-state index in [1.165, 1.54) is 11.1 Å². The number of rotatable bonds is 8. The molecule has 4 nitrogen and oxygen atoms in total. The summed E-state index contributed by atoms with van der Waals surface area (Å²) in [7, 11) is 1.69. The first-order valence-electron chi connectivity index (χ1n) is 9.00. The number of fused-ring (bicyclic) bond motifs is 1. The molecule has 0 aromatic heterocycles. The number of aryl methyl sites for hydroxylation is 1. The van der Waals surface area contributed by atoms with Crippen LogP contribution in [-0.2, 0) is 12.8 Å². The van der Waals surface area contributed by atoms with Crippen LogP contribution in [0.4, 0.5) is 0 Å². The SMILES string of the molecule is COc1ccc(CC(C)NCCOc2cccc3c2OCCC3)cc1. The topological polar surface area (TPSA) is 39.7 Å². The quantitative estimate of drug-likeness (QED) is 0.745. The van der Waals surface area contributed by atoms with Crippen molar-refractivity contribution < 1.29 is 14.2 Å². The van der Waals surface area contributed by atoms with Crippen LogP contribution in [0.25, 0.3) is 0 Å². The fourth-order valence-electron chi connectivity index (χ4n) is 3.13. The average Bonchev–Trinajstić information content (AvgIpc) is 2.66. The highest BCUT2D eigenvalue weighted by Gasteiger charge is 2.15. The van der Waals surface area contributed by atoms with Gasteiger partial charge >= 0.3 is 0 Å². The molecule has 0 saturated heterocycles. The van der Waals surface area contributed by atoms with Crippen LogP contribution in [0.5, 0.6) is 17.2 Å². The maximum atomic E-state index is 5.93. The first-order chi connectivity index (χ1) is 12.3. The lowest BCUT2D eigenvalue weighted by Crippen LogP contribution is -2.31. The van der Waals surface area contributed by atoms with E-state index in [4.69, 9.17) is 14.2 Å². The normalized spacial score (nSPS) is 14.3. The van der Waals surface area contributed by atoms with Gasteiger partial charge in [0.1, 0.15) is 12.4 Å². The van der Waals surface area contributed by atoms with Crippen molar-refractivity contribution in [2.45, 2.75) is 32.2 Å². The third-order valence-electron chi connectivity index (χ3n) is 4.45. The number of hydrogen-bond acceptors (Lipinski definition) is 4. The molecule has 1 N–H and O–H groups in total. The smallest absolute Gasteiger partial charge is 0.164 e. The van der Waals surface area contributed by atoms with Crippen molar-refractivity contribution in [3.05, 3.63) is 53.6 Å². The number of methoxy groups -OCH3 is 1. The maximum Gasteiger partial charge on any atom is 0.164 e. The lowest BCUT2D eigenvalue weighted by Gasteiger charge is -2.20. The molecule has 0 amide bonds. The van der Waals surface area contributed by atoms with Crippen LogP contribution in [-0.4, -0.2) is 32.9 Å². The molecule has 2 aromatic carbocycles. The molecule has 134 valence electrons. The van der Waals surface area contributed by atoms with Crippen LogP contribution >= 0.6 is 0 Å². The number of benzene rings is 2. The Balaban J connectivity index is 1.42. The molecule has 0 aliphatic carbocycles. The van der Waals surface area contributed by atoms with Gasteiger partial charge in [-0.1, -0.05) is 24.3 Å². The first-order valence-corrected chi connectivity index (χ1v) is 9.00. The Morgan fingerprint density at radius 2 is 2.00 bits per heavy atom. The molecule has 0 saturated carbocycles. The largest absolute Gasteiger partial charge is 0.497 e. The van der Waals surface area contributed by atoms with Crippen LogP contribution in [0.2, 0.25) is 0 Å². The Hall–Kier alpha value is -2.20. The van der Waals surface area contributed by atoms with E-state index < -0.39 is 0 Å². The number of hydrogen-bond donors (Lipinski definition) is 1. The van der Waals surface area contributed by atoms with Gasteiger partial charge in [-0.05, 0) is 55.5 Å². The van der Waals surface area contributed by atoms with Gasteiger partial charge in [0.2, 0.25) is 0 Å². The van der Waals surface area contributed by atoms with E-state index in [2.05, 4.69) is 30.4 Å². The molecule has 4 heteroatoms. The highest BCUT2D eigenvalue weighted by Crippen LogP contribution is 2.34. The van der Waals surface area contributed by atoms with Gasteiger partial charge in [0.15, 0.2) is 11.5 Å². The molecule has 1 atom stereocenters. The van der Waals surface area contributed by atoms with Gasteiger partial charge in [-0.15, -0.1) is 0 Å². The summed E-state index contributed by atoms with van der Waals surface area (Å²) in [6.45, 7) is 4.41. The number of nitrogens with one attached hydrogen (secondary N) is 1. The van der Waals surface area contributed by atoms with Gasteiger partial charge in [0.25, 0.3) is 0 Å². The van der Waals surface area contributed by atoms with Crippen molar-refractivity contribution in [3.63, 3.8) is 0 Å². The Morgan fingerprint density at radius 1 is 1.16 bits per heavy atom. The third-order valence-corrected chi connectivity index (χ3v) is 4.45. The second-order valence-electron chi connectivity index (χ2n) is 6.45. The van der Waals surface area contributed by atoms with E-state index in [1.807, 2.05) is 24.3 Å². The van der Waals surface area contributed by atoms with E-state index in [9.17, 15) is 0 Å². The molecule has 25 heavy (non-hydrogen) atoms. The Kier molecular flexibility index (Phi) is 6.18. The Morgan fingerprint density at radius 3 is 2.80 bits per heavy atom. The maximum absolute atomic E-state index is 5.93. The first kappa shape index (κ1) is 17.6. The highest BCUT2D eigenvalue weighted by molar-refractivity contribution is 5.47. The van der Waals surface area contributed by atoms with Gasteiger partial charge in [0, 0.05) is 12.6 Å². The minimum Gasteiger partial charge on any atom is -0.497 e. The molecule has 0 radical (unpaired) electrons. The van der Waals surface area contributed by atoms with Gasteiger partial charge in [-0.25, -0.2) is 0 Å². The minimum absolute atomic E-state index is 0.387. The molecule has 0 spiro atoms. The lowest BCUT2D eigenvalue weighted by molar-refractivity contribution is 0.249. The molecule has 1 aliphatic heterocycles. The van der Waals surface area contributed by atoms with Crippen LogP contribution in [0.3, 0.4) is 0 Å². The second-order valence-corrected chi connectivity index (χ2v) is 6.45. The summed E-state index contributed by atoms with van der Waals surface area (Å²) in [5, 5.41) is 3.51. The molecule has 0 bridgehead atoms. The van der Waals surface area contributed by atoms with Crippen molar-refractivity contribution in [1.29, 1.82) is 0 Å². The molecule has 2 aromatic rings. The van der Waals surface area contributed by atoms with Crippen LogP contribution in [0.1, 0.15) is 24.5 Å². The standard InChI is InChI=1S/C21H27NO3/c1-16(15-17-8-10-19(23-2)11-9-17)22-12-14-24-20-7-3-5-18-6-4-13-25-21(18)20/h3,5,7-11,16,22H,4,6,12-15H2,1-2H3. The second kappa shape index (κ2) is 8.77. The van der Waals surface area contributed by atoms with E-state index in [1.54, 1.807) is 7.11 Å². The van der Waals surface area contributed by atoms with E-state index >= 15 is 0 Å². The van der Waals surface area contributed by atoms with E-state index in [0.717, 1.165) is 49.7 Å². The average molecular weight is 341 g/mol. The highest BCUT2D eigenvalue weighted by atomic mass is 16.5. The zero-order chi connectivity index (χ0) is 17.5. The van der Waals surface area contributed by atoms with Crippen LogP contribution in [0.15, 0.2) is 42.5 Å². The van der Waals surface area contributed by atoms with Crippen molar-refractivity contribution >= 4 is 0 Å². The van der Waals surface area contributed by atoms with Crippen molar-refractivity contribution in [1.82, 2.24) is 5.32 Å². The zero-order valence-corrected chi connectivity index (χ0v) is 15.1. The van der Waals surface area contributed by atoms with Crippen molar-refractivity contribution in [2.75, 3.05) is 26.9 Å². The summed E-state index contributed by atoms with van der Waals surface area (Å²) in [6, 6.07) is 14.8. The van der Waals surface area contributed by atoms with Crippen LogP contribution < -0.4 is 19.5 Å². The molecule has 1 aliphatic rings. The van der Waals surface area contributed by atoms with E-state index in [-0.39, 0.29) is 0 Å². The summed E-state index contributed by atoms with van der Waals surface area (Å²) >= 11 is 0. The summed E-state index contributed by atoms with van der Waals surface area (Å²) in [6.07, 6.45) is 3.14. The summed E-state index contributed by atoms with van der Waals surface area (Å²) in [4.78, 5) is 0. The summed E-state index contributed by atoms with van der Waals surface area (Å²) in [5.74, 6) is 2.69. The predicted molar refractivity (Wildman–Crippen MR) is 99.9 cm³/mol. The molecular formula is C21H27NO3. The van der Waals surface area contributed by atoms with Gasteiger partial charge in [-0.3, -0.25) is 0 Å². The Bertz CT molecular complexity index is 669. The lowest BCUT2D eigenvalue weighted by atomic mass is 10.1.